The molecule has 0 fully saturated rings. The number of fused-ring (bicyclic) bond motifs is 1. The monoisotopic (exact) mass is 537 g/mol. The summed E-state index contributed by atoms with van der Waals surface area (Å²) in [6.07, 6.45) is 5.16. The number of anilines is 1. The number of rotatable bonds is 11. The normalized spacial score (nSPS) is 12.1. The van der Waals surface area contributed by atoms with E-state index in [9.17, 15) is 19.2 Å². The Morgan fingerprint density at radius 1 is 1.18 bits per heavy atom. The first-order chi connectivity index (χ1) is 18.6. The van der Waals surface area contributed by atoms with Crippen LogP contribution in [0.2, 0.25) is 0 Å². The number of hydrogen-bond acceptors (Lipinski definition) is 7. The highest BCUT2D eigenvalue weighted by Gasteiger charge is 2.22. The Morgan fingerprint density at radius 3 is 2.64 bits per heavy atom. The van der Waals surface area contributed by atoms with Gasteiger partial charge in [-0.1, -0.05) is 32.1 Å². The summed E-state index contributed by atoms with van der Waals surface area (Å²) in [7, 11) is 4.44. The molecule has 0 aliphatic heterocycles. The second kappa shape index (κ2) is 13.4. The summed E-state index contributed by atoms with van der Waals surface area (Å²) in [5, 5.41) is 5.07. The molecule has 0 spiro atoms. The number of carbonyl (C=O) groups excluding carboxylic acids is 3. The maximum absolute atomic E-state index is 13.1. The number of pyridine rings is 1. The van der Waals surface area contributed by atoms with Crippen molar-refractivity contribution in [3.63, 3.8) is 0 Å². The van der Waals surface area contributed by atoms with Crippen LogP contribution in [-0.2, 0) is 27.3 Å². The molecule has 1 aromatic carbocycles. The van der Waals surface area contributed by atoms with E-state index < -0.39 is 23.6 Å². The zero-order chi connectivity index (χ0) is 28.5. The molecule has 208 valence electrons. The highest BCUT2D eigenvalue weighted by Crippen LogP contribution is 2.22. The van der Waals surface area contributed by atoms with Crippen molar-refractivity contribution in [3.05, 3.63) is 70.5 Å². The number of aromatic nitrogens is 2. The first-order valence-electron chi connectivity index (χ1n) is 12.7. The van der Waals surface area contributed by atoms with E-state index in [1.54, 1.807) is 32.4 Å². The molecular formula is C28H35N5O6. The number of carbonyl (C=O) groups is 3. The molecule has 0 radical (unpaired) electrons. The summed E-state index contributed by atoms with van der Waals surface area (Å²) in [5.41, 5.74) is 2.09. The first-order valence-corrected chi connectivity index (χ1v) is 12.7. The summed E-state index contributed by atoms with van der Waals surface area (Å²) < 4.78 is 11.9. The molecule has 11 nitrogen and oxygen atoms in total. The maximum atomic E-state index is 13.1. The van der Waals surface area contributed by atoms with Crippen LogP contribution in [-0.4, -0.2) is 59.6 Å². The molecule has 0 bridgehead atoms. The zero-order valence-electron chi connectivity index (χ0n) is 22.9. The van der Waals surface area contributed by atoms with E-state index in [2.05, 4.69) is 34.2 Å². The molecule has 1 atom stereocenters. The Kier molecular flexibility index (Phi) is 10.0. The van der Waals surface area contributed by atoms with E-state index in [-0.39, 0.29) is 24.6 Å². The predicted molar refractivity (Wildman–Crippen MR) is 147 cm³/mol. The molecule has 3 aromatic rings. The number of nitrogens with one attached hydrogen (secondary N) is 2. The van der Waals surface area contributed by atoms with Crippen molar-refractivity contribution in [1.29, 1.82) is 0 Å². The van der Waals surface area contributed by atoms with Crippen LogP contribution in [0.25, 0.3) is 11.1 Å². The Balaban J connectivity index is 1.75. The van der Waals surface area contributed by atoms with Crippen LogP contribution in [0.3, 0.4) is 0 Å². The molecule has 0 saturated heterocycles. The van der Waals surface area contributed by atoms with Gasteiger partial charge in [-0.15, -0.1) is 0 Å². The van der Waals surface area contributed by atoms with E-state index in [0.717, 1.165) is 17.5 Å². The van der Waals surface area contributed by atoms with Gasteiger partial charge in [0, 0.05) is 20.3 Å². The number of hydrogen-bond donors (Lipinski definition) is 2. The average molecular weight is 538 g/mol. The Morgan fingerprint density at radius 2 is 1.95 bits per heavy atom. The number of allylic oxidation sites excluding steroid dienone is 1. The molecule has 39 heavy (non-hydrogen) atoms. The van der Waals surface area contributed by atoms with Gasteiger partial charge in [-0.05, 0) is 55.0 Å². The molecule has 1 unspecified atom stereocenters. The number of alkyl carbamates (subject to hydrolysis) is 1. The Hall–Kier alpha value is -4.41. The van der Waals surface area contributed by atoms with Crippen LogP contribution >= 0.6 is 0 Å². The molecule has 0 saturated carbocycles. The molecule has 0 aliphatic rings. The van der Waals surface area contributed by atoms with Crippen molar-refractivity contribution in [3.8, 4) is 0 Å². The van der Waals surface area contributed by atoms with Gasteiger partial charge in [0.2, 0.25) is 17.7 Å². The molecular weight excluding hydrogens is 502 g/mol. The van der Waals surface area contributed by atoms with Crippen LogP contribution in [0.1, 0.15) is 38.1 Å². The molecule has 3 rings (SSSR count). The van der Waals surface area contributed by atoms with Gasteiger partial charge in [0.25, 0.3) is 5.56 Å². The molecule has 2 heterocycles. The number of ether oxygens (including phenoxy) is 1. The fourth-order valence-corrected chi connectivity index (χ4v) is 3.91. The lowest BCUT2D eigenvalue weighted by atomic mass is 10.0. The predicted octanol–water partition coefficient (Wildman–Crippen LogP) is 3.32. The number of methoxy groups -OCH3 is 1. The lowest BCUT2D eigenvalue weighted by Crippen LogP contribution is -2.44. The molecule has 0 aliphatic carbocycles. The van der Waals surface area contributed by atoms with Crippen molar-refractivity contribution in [2.75, 3.05) is 26.5 Å². The number of likely N-dealkylation sites (N-methyl/N-ethyl adjacent to an activating group) is 1. The van der Waals surface area contributed by atoms with Gasteiger partial charge in [0.05, 0.1) is 7.11 Å². The van der Waals surface area contributed by atoms with Gasteiger partial charge in [-0.2, -0.15) is 0 Å². The second-order valence-corrected chi connectivity index (χ2v) is 9.71. The molecule has 3 amide bonds. The fraction of sp³-hybridized carbons (Fsp3) is 0.393. The van der Waals surface area contributed by atoms with Crippen LogP contribution in [0.4, 0.5) is 10.5 Å². The van der Waals surface area contributed by atoms with Gasteiger partial charge >= 0.3 is 6.09 Å². The summed E-state index contributed by atoms with van der Waals surface area (Å²) in [5.74, 6) is 0.0309. The minimum absolute atomic E-state index is 0.0362. The lowest BCUT2D eigenvalue weighted by Gasteiger charge is -2.17. The Bertz CT molecular complexity index is 1400. The average Bonchev–Trinajstić information content (AvgIpc) is 3.31. The molecule has 11 heteroatoms. The van der Waals surface area contributed by atoms with E-state index in [4.69, 9.17) is 4.42 Å². The van der Waals surface area contributed by atoms with E-state index in [1.165, 1.54) is 28.7 Å². The van der Waals surface area contributed by atoms with E-state index in [0.29, 0.717) is 23.8 Å². The van der Waals surface area contributed by atoms with Crippen LogP contribution in [0, 0.1) is 5.92 Å². The van der Waals surface area contributed by atoms with Gasteiger partial charge in [0.1, 0.15) is 23.8 Å². The van der Waals surface area contributed by atoms with Gasteiger partial charge in [0.15, 0.2) is 5.58 Å². The summed E-state index contributed by atoms with van der Waals surface area (Å²) in [6, 6.07) is 7.89. The third-order valence-corrected chi connectivity index (χ3v) is 5.88. The first kappa shape index (κ1) is 29.2. The lowest BCUT2D eigenvalue weighted by molar-refractivity contribution is -0.123. The SMILES string of the molecule is COC(=O)NC(CC/C=C/C(=O)N(C)C)C(=O)Nc1cccn(Cc2nc3c(CC(C)C)cccc3o2)c1=O. The molecule has 2 aromatic heterocycles. The summed E-state index contributed by atoms with van der Waals surface area (Å²) >= 11 is 0. The van der Waals surface area contributed by atoms with Crippen LogP contribution in [0.5, 0.6) is 0 Å². The van der Waals surface area contributed by atoms with E-state index in [1.807, 2.05) is 18.2 Å². The number of benzene rings is 1. The fourth-order valence-electron chi connectivity index (χ4n) is 3.91. The quantitative estimate of drug-likeness (QED) is 0.358. The van der Waals surface area contributed by atoms with Crippen molar-refractivity contribution in [1.82, 2.24) is 19.8 Å². The number of amides is 3. The minimum atomic E-state index is -0.999. The highest BCUT2D eigenvalue weighted by molar-refractivity contribution is 5.96. The van der Waals surface area contributed by atoms with Crippen molar-refractivity contribution in [2.45, 2.75) is 45.7 Å². The van der Waals surface area contributed by atoms with Gasteiger partial charge in [-0.3, -0.25) is 14.4 Å². The second-order valence-electron chi connectivity index (χ2n) is 9.71. The third kappa shape index (κ3) is 8.03. The smallest absolute Gasteiger partial charge is 0.407 e. The standard InChI is InChI=1S/C28H35N5O6/c1-18(2)16-19-10-8-13-22-25(19)31-23(39-22)17-33-15-9-12-21(27(33)36)29-26(35)20(30-28(37)38-5)11-6-7-14-24(34)32(3)4/h7-10,12-15,18,20H,6,11,16-17H2,1-5H3,(H,29,35)(H,30,37)/b14-7+. The van der Waals surface area contributed by atoms with Crippen molar-refractivity contribution >= 4 is 34.7 Å². The zero-order valence-corrected chi connectivity index (χ0v) is 22.9. The van der Waals surface area contributed by atoms with Crippen molar-refractivity contribution in [2.24, 2.45) is 5.92 Å². The summed E-state index contributed by atoms with van der Waals surface area (Å²) in [6.45, 7) is 4.34. The number of para-hydroxylation sites is 1. The topological polar surface area (TPSA) is 136 Å². The maximum Gasteiger partial charge on any atom is 0.407 e. The molecule has 2 N–H and O–H groups in total. The van der Waals surface area contributed by atoms with Crippen LogP contribution < -0.4 is 16.2 Å². The van der Waals surface area contributed by atoms with Gasteiger partial charge in [-0.25, -0.2) is 9.78 Å². The highest BCUT2D eigenvalue weighted by atomic mass is 16.5. The van der Waals surface area contributed by atoms with E-state index >= 15 is 0 Å². The number of oxazole rings is 1. The number of nitrogens with zero attached hydrogens (tertiary/aromatic N) is 3. The van der Waals surface area contributed by atoms with Gasteiger partial charge < -0.3 is 29.3 Å². The van der Waals surface area contributed by atoms with Crippen molar-refractivity contribution < 1.29 is 23.5 Å². The largest absolute Gasteiger partial charge is 0.453 e. The Labute approximate surface area is 226 Å². The summed E-state index contributed by atoms with van der Waals surface area (Å²) in [4.78, 5) is 55.7. The minimum Gasteiger partial charge on any atom is -0.453 e. The third-order valence-electron chi connectivity index (χ3n) is 5.88. The van der Waals surface area contributed by atoms with Crippen LogP contribution in [0.15, 0.2) is 57.9 Å².